The lowest BCUT2D eigenvalue weighted by molar-refractivity contribution is 0.246. The molecule has 0 radical (unpaired) electrons. The summed E-state index contributed by atoms with van der Waals surface area (Å²) in [6.45, 7) is 4.26. The molecular formula is C19H24N2. The molecule has 2 heteroatoms. The van der Waals surface area contributed by atoms with Crippen molar-refractivity contribution in [1.82, 2.24) is 4.90 Å². The van der Waals surface area contributed by atoms with Crippen LogP contribution in [0.4, 0.5) is 5.69 Å². The van der Waals surface area contributed by atoms with Crippen LogP contribution in [0.5, 0.6) is 0 Å². The van der Waals surface area contributed by atoms with Gasteiger partial charge in [-0.3, -0.25) is 4.90 Å². The minimum absolute atomic E-state index is 0.758. The van der Waals surface area contributed by atoms with E-state index in [4.69, 9.17) is 5.73 Å². The molecule has 3 rings (SSSR count). The maximum Gasteiger partial charge on any atom is 0.0314 e. The van der Waals surface area contributed by atoms with E-state index in [0.717, 1.165) is 31.2 Å². The summed E-state index contributed by atoms with van der Waals surface area (Å²) < 4.78 is 0. The summed E-state index contributed by atoms with van der Waals surface area (Å²) in [5, 5.41) is 0. The van der Waals surface area contributed by atoms with Gasteiger partial charge >= 0.3 is 0 Å². The number of benzene rings is 2. The quantitative estimate of drug-likeness (QED) is 0.810. The normalized spacial score (nSPS) is 14.6. The van der Waals surface area contributed by atoms with Crippen molar-refractivity contribution in [3.05, 3.63) is 65.2 Å². The minimum Gasteiger partial charge on any atom is -0.399 e. The van der Waals surface area contributed by atoms with E-state index in [9.17, 15) is 0 Å². The van der Waals surface area contributed by atoms with Crippen LogP contribution in [0, 0.1) is 0 Å². The van der Waals surface area contributed by atoms with Gasteiger partial charge in [0.2, 0.25) is 0 Å². The molecule has 1 fully saturated rings. The van der Waals surface area contributed by atoms with Crippen molar-refractivity contribution < 1.29 is 0 Å². The predicted molar refractivity (Wildman–Crippen MR) is 88.9 cm³/mol. The summed E-state index contributed by atoms with van der Waals surface area (Å²) >= 11 is 0. The van der Waals surface area contributed by atoms with Gasteiger partial charge in [0.05, 0.1) is 0 Å². The van der Waals surface area contributed by atoms with Crippen LogP contribution >= 0.6 is 0 Å². The number of nitrogens with two attached hydrogens (primary N) is 1. The van der Waals surface area contributed by atoms with Crippen molar-refractivity contribution in [3.63, 3.8) is 0 Å². The fraction of sp³-hybridized carbons (Fsp3) is 0.368. The summed E-state index contributed by atoms with van der Waals surface area (Å²) in [6, 6.07) is 18.1. The van der Waals surface area contributed by atoms with E-state index >= 15 is 0 Å². The van der Waals surface area contributed by atoms with Crippen LogP contribution in [-0.2, 0) is 19.5 Å². The van der Waals surface area contributed by atoms with Crippen molar-refractivity contribution in [2.75, 3.05) is 5.73 Å². The van der Waals surface area contributed by atoms with Crippen molar-refractivity contribution in [2.24, 2.45) is 0 Å². The van der Waals surface area contributed by atoms with E-state index in [1.165, 1.54) is 29.5 Å². The fourth-order valence-corrected chi connectivity index (χ4v) is 2.73. The standard InChI is InChI=1S/C19H24N2/c1-2-15-3-5-16(6-4-15)13-21(19-11-12-19)14-17-7-9-18(20)10-8-17/h3-10,19H,2,11-14,20H2,1H3. The first-order chi connectivity index (χ1) is 10.2. The highest BCUT2D eigenvalue weighted by Crippen LogP contribution is 2.30. The van der Waals surface area contributed by atoms with Crippen LogP contribution in [0.1, 0.15) is 36.5 Å². The lowest BCUT2D eigenvalue weighted by Crippen LogP contribution is -2.25. The third kappa shape index (κ3) is 3.85. The molecular weight excluding hydrogens is 256 g/mol. The van der Waals surface area contributed by atoms with E-state index in [-0.39, 0.29) is 0 Å². The van der Waals surface area contributed by atoms with Gasteiger partial charge in [-0.05, 0) is 48.1 Å². The first-order valence-electron chi connectivity index (χ1n) is 7.91. The Morgan fingerprint density at radius 1 is 0.857 bits per heavy atom. The largest absolute Gasteiger partial charge is 0.399 e. The average molecular weight is 280 g/mol. The molecule has 0 unspecified atom stereocenters. The van der Waals surface area contributed by atoms with Crippen molar-refractivity contribution in [3.8, 4) is 0 Å². The Hall–Kier alpha value is -1.80. The second-order valence-electron chi connectivity index (χ2n) is 6.05. The van der Waals surface area contributed by atoms with E-state index in [1.807, 2.05) is 12.1 Å². The van der Waals surface area contributed by atoms with Gasteiger partial charge in [-0.1, -0.05) is 43.3 Å². The molecule has 0 spiro atoms. The number of hydrogen-bond donors (Lipinski definition) is 1. The molecule has 0 heterocycles. The van der Waals surface area contributed by atoms with Crippen LogP contribution in [0.15, 0.2) is 48.5 Å². The Morgan fingerprint density at radius 2 is 1.33 bits per heavy atom. The van der Waals surface area contributed by atoms with Gasteiger partial charge in [0.15, 0.2) is 0 Å². The topological polar surface area (TPSA) is 29.3 Å². The molecule has 0 aliphatic heterocycles. The minimum atomic E-state index is 0.758. The monoisotopic (exact) mass is 280 g/mol. The zero-order valence-corrected chi connectivity index (χ0v) is 12.8. The predicted octanol–water partition coefficient (Wildman–Crippen LogP) is 4.00. The Morgan fingerprint density at radius 3 is 1.81 bits per heavy atom. The molecule has 0 saturated heterocycles. The highest BCUT2D eigenvalue weighted by atomic mass is 15.2. The molecule has 2 N–H and O–H groups in total. The van der Waals surface area contributed by atoms with Crippen LogP contribution < -0.4 is 5.73 Å². The lowest BCUT2D eigenvalue weighted by Gasteiger charge is -2.22. The van der Waals surface area contributed by atoms with Gasteiger partial charge in [-0.2, -0.15) is 0 Å². The Labute approximate surface area is 127 Å². The van der Waals surface area contributed by atoms with Gasteiger partial charge in [0.25, 0.3) is 0 Å². The van der Waals surface area contributed by atoms with Crippen molar-refractivity contribution in [1.29, 1.82) is 0 Å². The molecule has 0 aromatic heterocycles. The van der Waals surface area contributed by atoms with Crippen LogP contribution in [0.3, 0.4) is 0 Å². The maximum absolute atomic E-state index is 5.77. The van der Waals surface area contributed by atoms with E-state index in [0.29, 0.717) is 0 Å². The Bertz CT molecular complexity index is 568. The molecule has 1 aliphatic carbocycles. The second-order valence-corrected chi connectivity index (χ2v) is 6.05. The van der Waals surface area contributed by atoms with E-state index in [1.54, 1.807) is 0 Å². The fourth-order valence-electron chi connectivity index (χ4n) is 2.73. The molecule has 2 aromatic carbocycles. The molecule has 1 saturated carbocycles. The SMILES string of the molecule is CCc1ccc(CN(Cc2ccc(N)cc2)C2CC2)cc1. The van der Waals surface area contributed by atoms with Crippen molar-refractivity contribution >= 4 is 5.69 Å². The Balaban J connectivity index is 1.68. The maximum atomic E-state index is 5.77. The second kappa shape index (κ2) is 6.31. The zero-order valence-electron chi connectivity index (χ0n) is 12.8. The molecule has 21 heavy (non-hydrogen) atoms. The number of nitrogen functional groups attached to an aromatic ring is 1. The summed E-state index contributed by atoms with van der Waals surface area (Å²) in [5.41, 5.74) is 10.8. The zero-order chi connectivity index (χ0) is 14.7. The highest BCUT2D eigenvalue weighted by molar-refractivity contribution is 5.39. The number of aryl methyl sites for hydroxylation is 1. The number of rotatable bonds is 6. The number of anilines is 1. The van der Waals surface area contributed by atoms with E-state index in [2.05, 4.69) is 48.2 Å². The third-order valence-electron chi connectivity index (χ3n) is 4.25. The summed E-state index contributed by atoms with van der Waals surface area (Å²) in [4.78, 5) is 2.59. The number of nitrogens with zero attached hydrogens (tertiary/aromatic N) is 1. The summed E-state index contributed by atoms with van der Waals surface area (Å²) in [5.74, 6) is 0. The first-order valence-corrected chi connectivity index (χ1v) is 7.91. The van der Waals surface area contributed by atoms with Crippen LogP contribution in [-0.4, -0.2) is 10.9 Å². The molecule has 2 aromatic rings. The van der Waals surface area contributed by atoms with Crippen LogP contribution in [0.25, 0.3) is 0 Å². The molecule has 0 atom stereocenters. The lowest BCUT2D eigenvalue weighted by atomic mass is 10.1. The van der Waals surface area contributed by atoms with Crippen molar-refractivity contribution in [2.45, 2.75) is 45.3 Å². The molecule has 0 bridgehead atoms. The van der Waals surface area contributed by atoms with Gasteiger partial charge in [-0.25, -0.2) is 0 Å². The average Bonchev–Trinajstić information content (AvgIpc) is 3.34. The van der Waals surface area contributed by atoms with Gasteiger partial charge in [0, 0.05) is 24.8 Å². The summed E-state index contributed by atoms with van der Waals surface area (Å²) in [7, 11) is 0. The summed E-state index contributed by atoms with van der Waals surface area (Å²) in [6.07, 6.45) is 3.78. The number of hydrogen-bond acceptors (Lipinski definition) is 2. The molecule has 110 valence electrons. The van der Waals surface area contributed by atoms with Gasteiger partial charge in [-0.15, -0.1) is 0 Å². The molecule has 2 nitrogen and oxygen atoms in total. The molecule has 1 aliphatic rings. The van der Waals surface area contributed by atoms with Gasteiger partial charge in [0.1, 0.15) is 0 Å². The molecule has 0 amide bonds. The smallest absolute Gasteiger partial charge is 0.0314 e. The van der Waals surface area contributed by atoms with Gasteiger partial charge < -0.3 is 5.73 Å². The first kappa shape index (κ1) is 14.2. The third-order valence-corrected chi connectivity index (χ3v) is 4.25. The Kier molecular flexibility index (Phi) is 4.26. The van der Waals surface area contributed by atoms with E-state index < -0.39 is 0 Å². The highest BCUT2D eigenvalue weighted by Gasteiger charge is 2.28. The van der Waals surface area contributed by atoms with Crippen LogP contribution in [0.2, 0.25) is 0 Å².